The lowest BCUT2D eigenvalue weighted by Crippen LogP contribution is -2.50. The maximum atomic E-state index is 11.1. The fraction of sp³-hybridized carbons (Fsp3) is 0.533. The van der Waals surface area contributed by atoms with Crippen LogP contribution in [-0.2, 0) is 11.3 Å². The van der Waals surface area contributed by atoms with Crippen molar-refractivity contribution in [3.63, 3.8) is 0 Å². The molecule has 1 N–H and O–H groups in total. The third kappa shape index (κ3) is 2.91. The summed E-state index contributed by atoms with van der Waals surface area (Å²) in [5.74, 6) is -0.838. The van der Waals surface area contributed by atoms with E-state index in [4.69, 9.17) is 5.11 Å². The van der Waals surface area contributed by atoms with E-state index in [1.807, 2.05) is 18.2 Å². The molecule has 3 nitrogen and oxygen atoms in total. The maximum Gasteiger partial charge on any atom is 0.306 e. The Morgan fingerprint density at radius 3 is 2.61 bits per heavy atom. The molecule has 18 heavy (non-hydrogen) atoms. The Hall–Kier alpha value is -1.35. The molecule has 2 rings (SSSR count). The first kappa shape index (κ1) is 13.1. The van der Waals surface area contributed by atoms with Crippen LogP contribution in [0.15, 0.2) is 30.3 Å². The third-order valence-electron chi connectivity index (χ3n) is 3.91. The molecule has 1 aromatic rings. The van der Waals surface area contributed by atoms with Crippen molar-refractivity contribution in [3.05, 3.63) is 35.9 Å². The molecular formula is C15H21NO2. The standard InChI is InChI=1S/C15H21NO2/c1-15(2)10-13(14(17)18)8-9-16(15)11-12-6-4-3-5-7-12/h3-7,13H,8-11H2,1-2H3,(H,17,18). The Morgan fingerprint density at radius 1 is 1.39 bits per heavy atom. The Labute approximate surface area is 108 Å². The van der Waals surface area contributed by atoms with E-state index in [-0.39, 0.29) is 11.5 Å². The molecule has 1 fully saturated rings. The lowest BCUT2D eigenvalue weighted by molar-refractivity contribution is -0.145. The van der Waals surface area contributed by atoms with Crippen LogP contribution in [-0.4, -0.2) is 28.1 Å². The summed E-state index contributed by atoms with van der Waals surface area (Å²) in [6, 6.07) is 10.4. The highest BCUT2D eigenvalue weighted by Crippen LogP contribution is 2.32. The molecule has 0 radical (unpaired) electrons. The number of piperidine rings is 1. The van der Waals surface area contributed by atoms with E-state index in [0.29, 0.717) is 0 Å². The van der Waals surface area contributed by atoms with Gasteiger partial charge in [0, 0.05) is 12.1 Å². The van der Waals surface area contributed by atoms with Crippen LogP contribution in [0.2, 0.25) is 0 Å². The summed E-state index contributed by atoms with van der Waals surface area (Å²) in [6.07, 6.45) is 1.49. The summed E-state index contributed by atoms with van der Waals surface area (Å²) < 4.78 is 0. The zero-order valence-electron chi connectivity index (χ0n) is 11.1. The molecule has 1 aliphatic heterocycles. The third-order valence-corrected chi connectivity index (χ3v) is 3.91. The first-order chi connectivity index (χ1) is 8.49. The van der Waals surface area contributed by atoms with Gasteiger partial charge in [-0.15, -0.1) is 0 Å². The Balaban J connectivity index is 2.05. The van der Waals surface area contributed by atoms with Crippen molar-refractivity contribution in [2.24, 2.45) is 5.92 Å². The minimum absolute atomic E-state index is 0.0445. The topological polar surface area (TPSA) is 40.5 Å². The largest absolute Gasteiger partial charge is 0.481 e. The normalized spacial score (nSPS) is 23.8. The molecule has 1 unspecified atom stereocenters. The van der Waals surface area contributed by atoms with Crippen LogP contribution in [0.3, 0.4) is 0 Å². The molecule has 0 spiro atoms. The maximum absolute atomic E-state index is 11.1. The monoisotopic (exact) mass is 247 g/mol. The van der Waals surface area contributed by atoms with Gasteiger partial charge >= 0.3 is 5.97 Å². The van der Waals surface area contributed by atoms with Crippen molar-refractivity contribution in [1.82, 2.24) is 4.90 Å². The van der Waals surface area contributed by atoms with Gasteiger partial charge in [0.15, 0.2) is 0 Å². The van der Waals surface area contributed by atoms with E-state index < -0.39 is 5.97 Å². The zero-order chi connectivity index (χ0) is 13.2. The van der Waals surface area contributed by atoms with Gasteiger partial charge in [-0.25, -0.2) is 0 Å². The van der Waals surface area contributed by atoms with Crippen LogP contribution in [0.4, 0.5) is 0 Å². The van der Waals surface area contributed by atoms with Crippen LogP contribution in [0.5, 0.6) is 0 Å². The molecule has 3 heteroatoms. The van der Waals surface area contributed by atoms with E-state index in [1.165, 1.54) is 5.56 Å². The zero-order valence-corrected chi connectivity index (χ0v) is 11.1. The summed E-state index contributed by atoms with van der Waals surface area (Å²) in [6.45, 7) is 6.05. The SMILES string of the molecule is CC1(C)CC(C(=O)O)CCN1Cc1ccccc1. The van der Waals surface area contributed by atoms with Gasteiger partial charge < -0.3 is 5.11 Å². The Morgan fingerprint density at radius 2 is 2.06 bits per heavy atom. The number of aliphatic carboxylic acids is 1. The number of carboxylic acid groups (broad SMARTS) is 1. The Kier molecular flexibility index (Phi) is 3.71. The second kappa shape index (κ2) is 5.11. The smallest absolute Gasteiger partial charge is 0.306 e. The molecule has 0 saturated carbocycles. The highest BCUT2D eigenvalue weighted by Gasteiger charge is 2.37. The van der Waals surface area contributed by atoms with Crippen LogP contribution < -0.4 is 0 Å². The summed E-state index contributed by atoms with van der Waals surface area (Å²) in [4.78, 5) is 13.5. The molecule has 98 valence electrons. The summed E-state index contributed by atoms with van der Waals surface area (Å²) >= 11 is 0. The van der Waals surface area contributed by atoms with Crippen LogP contribution >= 0.6 is 0 Å². The number of hydrogen-bond acceptors (Lipinski definition) is 2. The highest BCUT2D eigenvalue weighted by molar-refractivity contribution is 5.70. The van der Waals surface area contributed by atoms with E-state index >= 15 is 0 Å². The van der Waals surface area contributed by atoms with Gasteiger partial charge in [-0.1, -0.05) is 30.3 Å². The molecule has 0 aromatic heterocycles. The van der Waals surface area contributed by atoms with Crippen molar-refractivity contribution < 1.29 is 9.90 Å². The number of carboxylic acids is 1. The van der Waals surface area contributed by atoms with E-state index in [1.54, 1.807) is 0 Å². The Bertz CT molecular complexity index is 414. The highest BCUT2D eigenvalue weighted by atomic mass is 16.4. The number of carbonyl (C=O) groups is 1. The average Bonchev–Trinajstić information content (AvgIpc) is 2.32. The van der Waals surface area contributed by atoms with E-state index in [0.717, 1.165) is 25.9 Å². The van der Waals surface area contributed by atoms with Gasteiger partial charge in [-0.05, 0) is 38.8 Å². The molecule has 1 heterocycles. The van der Waals surface area contributed by atoms with Crippen LogP contribution in [0, 0.1) is 5.92 Å². The minimum atomic E-state index is -0.651. The predicted molar refractivity (Wildman–Crippen MR) is 71.3 cm³/mol. The molecule has 1 saturated heterocycles. The lowest BCUT2D eigenvalue weighted by atomic mass is 9.82. The summed E-state index contributed by atoms with van der Waals surface area (Å²) in [5.41, 5.74) is 1.25. The summed E-state index contributed by atoms with van der Waals surface area (Å²) in [5, 5.41) is 9.13. The van der Waals surface area contributed by atoms with Gasteiger partial charge in [0.25, 0.3) is 0 Å². The van der Waals surface area contributed by atoms with Gasteiger partial charge in [0.2, 0.25) is 0 Å². The number of hydrogen-bond donors (Lipinski definition) is 1. The predicted octanol–water partition coefficient (Wildman–Crippen LogP) is 2.76. The number of benzene rings is 1. The minimum Gasteiger partial charge on any atom is -0.481 e. The first-order valence-corrected chi connectivity index (χ1v) is 6.51. The molecule has 0 aliphatic carbocycles. The van der Waals surface area contributed by atoms with E-state index in [2.05, 4.69) is 30.9 Å². The molecule has 0 bridgehead atoms. The first-order valence-electron chi connectivity index (χ1n) is 6.51. The summed E-state index contributed by atoms with van der Waals surface area (Å²) in [7, 11) is 0. The number of nitrogens with zero attached hydrogens (tertiary/aromatic N) is 1. The van der Waals surface area contributed by atoms with Crippen LogP contribution in [0.25, 0.3) is 0 Å². The lowest BCUT2D eigenvalue weighted by Gasteiger charge is -2.44. The number of likely N-dealkylation sites (tertiary alicyclic amines) is 1. The van der Waals surface area contributed by atoms with Gasteiger partial charge in [-0.3, -0.25) is 9.69 Å². The fourth-order valence-corrected chi connectivity index (χ4v) is 2.76. The van der Waals surface area contributed by atoms with Crippen molar-refractivity contribution in [1.29, 1.82) is 0 Å². The van der Waals surface area contributed by atoms with Crippen molar-refractivity contribution >= 4 is 5.97 Å². The quantitative estimate of drug-likeness (QED) is 0.893. The molecular weight excluding hydrogens is 226 g/mol. The van der Waals surface area contributed by atoms with E-state index in [9.17, 15) is 4.79 Å². The second-order valence-electron chi connectivity index (χ2n) is 5.75. The second-order valence-corrected chi connectivity index (χ2v) is 5.75. The van der Waals surface area contributed by atoms with Crippen molar-refractivity contribution in [2.75, 3.05) is 6.54 Å². The molecule has 1 aliphatic rings. The van der Waals surface area contributed by atoms with Gasteiger partial charge in [0.05, 0.1) is 5.92 Å². The van der Waals surface area contributed by atoms with Crippen LogP contribution in [0.1, 0.15) is 32.3 Å². The molecule has 1 aromatic carbocycles. The van der Waals surface area contributed by atoms with Crippen molar-refractivity contribution in [2.45, 2.75) is 38.8 Å². The molecule has 0 amide bonds. The van der Waals surface area contributed by atoms with Gasteiger partial charge in [-0.2, -0.15) is 0 Å². The van der Waals surface area contributed by atoms with Crippen molar-refractivity contribution in [3.8, 4) is 0 Å². The fourth-order valence-electron chi connectivity index (χ4n) is 2.76. The molecule has 1 atom stereocenters. The number of rotatable bonds is 3. The van der Waals surface area contributed by atoms with Gasteiger partial charge in [0.1, 0.15) is 0 Å². The average molecular weight is 247 g/mol.